The fourth-order valence-corrected chi connectivity index (χ4v) is 3.25. The Bertz CT molecular complexity index is 734. The summed E-state index contributed by atoms with van der Waals surface area (Å²) in [6.45, 7) is 8.09. The highest BCUT2D eigenvalue weighted by Crippen LogP contribution is 2.24. The van der Waals surface area contributed by atoms with Crippen LogP contribution in [0.3, 0.4) is 0 Å². The number of aromatic nitrogens is 1. The number of hydrogen-bond donors (Lipinski definition) is 1. The maximum atomic E-state index is 12.3. The standard InChI is InChI=1S/C20H27N3O2/c1-20(2,3)25-19(24)23-11-5-6-15(14-23)12-22-18-8-4-7-16-13-21-10-9-17(16)18/h4,7-10,13,15,22H,5-6,11-12,14H2,1-3H3. The molecule has 0 aliphatic carbocycles. The Labute approximate surface area is 149 Å². The number of pyridine rings is 1. The Hall–Kier alpha value is -2.30. The molecule has 5 nitrogen and oxygen atoms in total. The number of rotatable bonds is 3. The van der Waals surface area contributed by atoms with Gasteiger partial charge in [0.2, 0.25) is 0 Å². The number of ether oxygens (including phenoxy) is 1. The van der Waals surface area contributed by atoms with Crippen LogP contribution in [0.15, 0.2) is 36.7 Å². The molecule has 0 saturated carbocycles. The molecular weight excluding hydrogens is 314 g/mol. The van der Waals surface area contributed by atoms with Crippen LogP contribution in [0.1, 0.15) is 33.6 Å². The van der Waals surface area contributed by atoms with Gasteiger partial charge in [-0.05, 0) is 51.7 Å². The normalized spacial score (nSPS) is 18.2. The van der Waals surface area contributed by atoms with Crippen molar-refractivity contribution < 1.29 is 9.53 Å². The highest BCUT2D eigenvalue weighted by molar-refractivity contribution is 5.93. The van der Waals surface area contributed by atoms with Gasteiger partial charge in [0.05, 0.1) is 0 Å². The quantitative estimate of drug-likeness (QED) is 0.904. The largest absolute Gasteiger partial charge is 0.444 e. The molecule has 1 aromatic heterocycles. The van der Waals surface area contributed by atoms with Crippen molar-refractivity contribution in [3.63, 3.8) is 0 Å². The molecule has 1 aliphatic rings. The molecule has 0 bridgehead atoms. The average Bonchev–Trinajstić information content (AvgIpc) is 2.59. The number of nitrogens with one attached hydrogen (secondary N) is 1. The third-order valence-electron chi connectivity index (χ3n) is 4.43. The first-order valence-corrected chi connectivity index (χ1v) is 8.97. The third kappa shape index (κ3) is 4.62. The number of anilines is 1. The van der Waals surface area contributed by atoms with Crippen LogP contribution < -0.4 is 5.32 Å². The summed E-state index contributed by atoms with van der Waals surface area (Å²) in [5, 5.41) is 5.87. The van der Waals surface area contributed by atoms with E-state index in [1.165, 1.54) is 5.39 Å². The molecule has 1 aliphatic heterocycles. The lowest BCUT2D eigenvalue weighted by molar-refractivity contribution is 0.0172. The zero-order valence-corrected chi connectivity index (χ0v) is 15.3. The van der Waals surface area contributed by atoms with Gasteiger partial charge >= 0.3 is 6.09 Å². The van der Waals surface area contributed by atoms with Gasteiger partial charge in [0.15, 0.2) is 0 Å². The Morgan fingerprint density at radius 2 is 2.20 bits per heavy atom. The highest BCUT2D eigenvalue weighted by atomic mass is 16.6. The van der Waals surface area contributed by atoms with Gasteiger partial charge in [-0.3, -0.25) is 4.98 Å². The number of hydrogen-bond acceptors (Lipinski definition) is 4. The summed E-state index contributed by atoms with van der Waals surface area (Å²) in [5.74, 6) is 0.429. The van der Waals surface area contributed by atoms with Crippen LogP contribution in [-0.4, -0.2) is 41.2 Å². The molecule has 1 aromatic carbocycles. The lowest BCUT2D eigenvalue weighted by atomic mass is 9.98. The van der Waals surface area contributed by atoms with E-state index in [0.29, 0.717) is 5.92 Å². The first-order chi connectivity index (χ1) is 11.9. The van der Waals surface area contributed by atoms with Crippen LogP contribution in [-0.2, 0) is 4.74 Å². The summed E-state index contributed by atoms with van der Waals surface area (Å²) in [5.41, 5.74) is 0.675. The molecule has 25 heavy (non-hydrogen) atoms. The minimum atomic E-state index is -0.445. The van der Waals surface area contributed by atoms with Gasteiger partial charge in [0.25, 0.3) is 0 Å². The molecule has 1 N–H and O–H groups in total. The minimum absolute atomic E-state index is 0.201. The Morgan fingerprint density at radius 3 is 3.00 bits per heavy atom. The number of benzene rings is 1. The summed E-state index contributed by atoms with van der Waals surface area (Å²) < 4.78 is 5.51. The zero-order chi connectivity index (χ0) is 17.9. The van der Waals surface area contributed by atoms with E-state index >= 15 is 0 Å². The van der Waals surface area contributed by atoms with Gasteiger partial charge in [-0.25, -0.2) is 4.79 Å². The van der Waals surface area contributed by atoms with Crippen LogP contribution in [0.4, 0.5) is 10.5 Å². The van der Waals surface area contributed by atoms with E-state index in [9.17, 15) is 4.79 Å². The van der Waals surface area contributed by atoms with Gasteiger partial charge < -0.3 is 15.0 Å². The second-order valence-corrected chi connectivity index (χ2v) is 7.72. The molecule has 2 aromatic rings. The minimum Gasteiger partial charge on any atom is -0.444 e. The number of carbonyl (C=O) groups is 1. The van der Waals surface area contributed by atoms with Crippen molar-refractivity contribution in [2.24, 2.45) is 5.92 Å². The molecule has 1 unspecified atom stereocenters. The van der Waals surface area contributed by atoms with E-state index in [2.05, 4.69) is 22.4 Å². The summed E-state index contributed by atoms with van der Waals surface area (Å²) >= 11 is 0. The molecule has 3 rings (SSSR count). The fourth-order valence-electron chi connectivity index (χ4n) is 3.25. The smallest absolute Gasteiger partial charge is 0.410 e. The fraction of sp³-hybridized carbons (Fsp3) is 0.500. The summed E-state index contributed by atoms with van der Waals surface area (Å²) in [6.07, 6.45) is 5.64. The topological polar surface area (TPSA) is 54.5 Å². The SMILES string of the molecule is CC(C)(C)OC(=O)N1CCCC(CNc2cccc3cnccc23)C1. The molecule has 1 fully saturated rings. The average molecular weight is 341 g/mol. The Kier molecular flexibility index (Phi) is 5.11. The maximum absolute atomic E-state index is 12.3. The first-order valence-electron chi connectivity index (χ1n) is 8.97. The Morgan fingerprint density at radius 1 is 1.36 bits per heavy atom. The van der Waals surface area contributed by atoms with Crippen LogP contribution in [0.25, 0.3) is 10.8 Å². The van der Waals surface area contributed by atoms with Gasteiger partial charge in [-0.2, -0.15) is 0 Å². The molecule has 0 spiro atoms. The van der Waals surface area contributed by atoms with Crippen molar-refractivity contribution in [3.8, 4) is 0 Å². The highest BCUT2D eigenvalue weighted by Gasteiger charge is 2.27. The lowest BCUT2D eigenvalue weighted by Crippen LogP contribution is -2.44. The number of likely N-dealkylation sites (tertiary alicyclic amines) is 1. The van der Waals surface area contributed by atoms with Gasteiger partial charge in [-0.1, -0.05) is 12.1 Å². The summed E-state index contributed by atoms with van der Waals surface area (Å²) in [6, 6.07) is 8.24. The van der Waals surface area contributed by atoms with E-state index in [4.69, 9.17) is 4.74 Å². The van der Waals surface area contributed by atoms with Crippen molar-refractivity contribution >= 4 is 22.6 Å². The van der Waals surface area contributed by atoms with E-state index in [0.717, 1.165) is 43.5 Å². The second kappa shape index (κ2) is 7.30. The van der Waals surface area contributed by atoms with Gasteiger partial charge in [0.1, 0.15) is 5.60 Å². The molecule has 1 saturated heterocycles. The van der Waals surface area contributed by atoms with Crippen molar-refractivity contribution in [2.45, 2.75) is 39.2 Å². The van der Waals surface area contributed by atoms with Crippen LogP contribution in [0, 0.1) is 5.92 Å². The molecule has 0 radical (unpaired) electrons. The van der Waals surface area contributed by atoms with E-state index in [1.807, 2.05) is 50.2 Å². The van der Waals surface area contributed by atoms with E-state index < -0.39 is 5.60 Å². The molecule has 2 heterocycles. The molecule has 1 atom stereocenters. The second-order valence-electron chi connectivity index (χ2n) is 7.72. The number of carbonyl (C=O) groups excluding carboxylic acids is 1. The number of nitrogens with zero attached hydrogens (tertiary/aromatic N) is 2. The molecular formula is C20H27N3O2. The van der Waals surface area contributed by atoms with Crippen molar-refractivity contribution in [3.05, 3.63) is 36.7 Å². The predicted molar refractivity (Wildman–Crippen MR) is 101 cm³/mol. The number of piperidine rings is 1. The van der Waals surface area contributed by atoms with Crippen molar-refractivity contribution in [2.75, 3.05) is 25.0 Å². The van der Waals surface area contributed by atoms with Gasteiger partial charge in [0, 0.05) is 48.5 Å². The van der Waals surface area contributed by atoms with Crippen molar-refractivity contribution in [1.82, 2.24) is 9.88 Å². The van der Waals surface area contributed by atoms with E-state index in [1.54, 1.807) is 0 Å². The first kappa shape index (κ1) is 17.5. The molecule has 1 amide bonds. The summed E-state index contributed by atoms with van der Waals surface area (Å²) in [7, 11) is 0. The maximum Gasteiger partial charge on any atom is 0.410 e. The number of amides is 1. The Balaban J connectivity index is 1.60. The van der Waals surface area contributed by atoms with E-state index in [-0.39, 0.29) is 6.09 Å². The zero-order valence-electron chi connectivity index (χ0n) is 15.3. The molecule has 5 heteroatoms. The monoisotopic (exact) mass is 341 g/mol. The van der Waals surface area contributed by atoms with Gasteiger partial charge in [-0.15, -0.1) is 0 Å². The summed E-state index contributed by atoms with van der Waals surface area (Å²) in [4.78, 5) is 18.3. The lowest BCUT2D eigenvalue weighted by Gasteiger charge is -2.34. The van der Waals surface area contributed by atoms with Crippen LogP contribution in [0.5, 0.6) is 0 Å². The van der Waals surface area contributed by atoms with Crippen LogP contribution >= 0.6 is 0 Å². The predicted octanol–water partition coefficient (Wildman–Crippen LogP) is 4.29. The van der Waals surface area contributed by atoms with Crippen molar-refractivity contribution in [1.29, 1.82) is 0 Å². The van der Waals surface area contributed by atoms with Crippen LogP contribution in [0.2, 0.25) is 0 Å². The molecule has 134 valence electrons. The number of fused-ring (bicyclic) bond motifs is 1. The third-order valence-corrected chi connectivity index (χ3v) is 4.43.